The van der Waals surface area contributed by atoms with Crippen molar-refractivity contribution in [1.82, 2.24) is 24.8 Å². The summed E-state index contributed by atoms with van der Waals surface area (Å²) in [6, 6.07) is 15.6. The van der Waals surface area contributed by atoms with E-state index in [0.717, 1.165) is 46.6 Å². The van der Waals surface area contributed by atoms with Crippen molar-refractivity contribution in [3.05, 3.63) is 71.5 Å². The first-order valence-electron chi connectivity index (χ1n) is 12.5. The summed E-state index contributed by atoms with van der Waals surface area (Å²) in [5, 5.41) is 10.2. The highest BCUT2D eigenvalue weighted by molar-refractivity contribution is 7.17. The molecule has 1 atom stereocenters. The van der Waals surface area contributed by atoms with E-state index < -0.39 is 0 Å². The molecule has 0 radical (unpaired) electrons. The number of benzene rings is 2. The van der Waals surface area contributed by atoms with Crippen LogP contribution in [0.4, 0.5) is 11.5 Å². The molecule has 0 saturated carbocycles. The van der Waals surface area contributed by atoms with Crippen molar-refractivity contribution in [1.29, 1.82) is 0 Å². The van der Waals surface area contributed by atoms with Crippen molar-refractivity contribution in [2.75, 3.05) is 25.5 Å². The third-order valence-electron chi connectivity index (χ3n) is 6.88. The lowest BCUT2D eigenvalue weighted by Crippen LogP contribution is -2.42. The first-order valence-corrected chi connectivity index (χ1v) is 13.8. The second-order valence-corrected chi connectivity index (χ2v) is 10.7. The SMILES string of the molecule is CN1CCC[C@H]1C(=O)NCCn1ccc2ncnc(Nc3ccc(Oc4ccc5ccsc5c4)c(Cl)c3)c21.Cl.Cl. The number of amides is 1. The molecule has 4 heterocycles. The van der Waals surface area contributed by atoms with E-state index in [1.807, 2.05) is 55.7 Å². The van der Waals surface area contributed by atoms with Gasteiger partial charge in [-0.15, -0.1) is 36.2 Å². The van der Waals surface area contributed by atoms with Gasteiger partial charge in [0.15, 0.2) is 5.82 Å². The van der Waals surface area contributed by atoms with Crippen molar-refractivity contribution in [3.8, 4) is 11.5 Å². The minimum atomic E-state index is -0.0349. The smallest absolute Gasteiger partial charge is 0.237 e. The van der Waals surface area contributed by atoms with E-state index in [4.69, 9.17) is 16.3 Å². The molecule has 5 aromatic rings. The zero-order chi connectivity index (χ0) is 26.1. The number of rotatable bonds is 8. The Kier molecular flexibility index (Phi) is 9.76. The van der Waals surface area contributed by atoms with E-state index in [2.05, 4.69) is 41.5 Å². The number of likely N-dealkylation sites (N-methyl/N-ethyl adjacent to an activating group) is 1. The second kappa shape index (κ2) is 13.1. The highest BCUT2D eigenvalue weighted by Crippen LogP contribution is 2.35. The van der Waals surface area contributed by atoms with E-state index in [1.165, 1.54) is 11.7 Å². The number of ether oxygens (including phenoxy) is 1. The fourth-order valence-corrected chi connectivity index (χ4v) is 5.93. The van der Waals surface area contributed by atoms with Crippen LogP contribution in [0.15, 0.2) is 66.4 Å². The lowest BCUT2D eigenvalue weighted by atomic mass is 10.2. The van der Waals surface area contributed by atoms with Crippen LogP contribution in [-0.2, 0) is 11.3 Å². The predicted molar refractivity (Wildman–Crippen MR) is 167 cm³/mol. The van der Waals surface area contributed by atoms with Crippen LogP contribution in [0.25, 0.3) is 21.1 Å². The first-order chi connectivity index (χ1) is 18.5. The Balaban J connectivity index is 0.00000185. The summed E-state index contributed by atoms with van der Waals surface area (Å²) < 4.78 is 9.27. The van der Waals surface area contributed by atoms with Gasteiger partial charge in [0.2, 0.25) is 5.91 Å². The standard InChI is InChI=1S/C28H27ClN6O2S.2ClH/c1-34-11-2-3-23(34)28(36)30-10-13-35-12-8-22-26(35)27(32-17-31-22)33-19-5-7-24(21(29)15-19)37-20-6-4-18-9-14-38-25(18)16-20;;/h4-9,12,14-17,23H,2-3,10-11,13H2,1H3,(H,30,36)(H,31,32,33);2*1H/t23-;;/m0../s1. The molecule has 40 heavy (non-hydrogen) atoms. The Labute approximate surface area is 253 Å². The highest BCUT2D eigenvalue weighted by atomic mass is 35.5. The number of carbonyl (C=O) groups is 1. The van der Waals surface area contributed by atoms with Crippen LogP contribution in [0.1, 0.15) is 12.8 Å². The molecule has 1 aliphatic rings. The van der Waals surface area contributed by atoms with Crippen molar-refractivity contribution < 1.29 is 9.53 Å². The van der Waals surface area contributed by atoms with Gasteiger partial charge in [0, 0.05) is 29.7 Å². The summed E-state index contributed by atoms with van der Waals surface area (Å²) in [7, 11) is 2.00. The van der Waals surface area contributed by atoms with Crippen molar-refractivity contribution in [2.24, 2.45) is 0 Å². The van der Waals surface area contributed by atoms with Crippen molar-refractivity contribution >= 4 is 86.3 Å². The minimum absolute atomic E-state index is 0. The Morgan fingerprint density at radius 2 is 2.02 bits per heavy atom. The van der Waals surface area contributed by atoms with Crippen LogP contribution in [0, 0.1) is 0 Å². The number of carbonyl (C=O) groups excluding carboxylic acids is 1. The van der Waals surface area contributed by atoms with Crippen LogP contribution in [0.3, 0.4) is 0 Å². The number of anilines is 2. The van der Waals surface area contributed by atoms with Gasteiger partial charge in [-0.2, -0.15) is 0 Å². The van der Waals surface area contributed by atoms with E-state index >= 15 is 0 Å². The summed E-state index contributed by atoms with van der Waals surface area (Å²) >= 11 is 8.26. The van der Waals surface area contributed by atoms with Crippen LogP contribution >= 0.6 is 47.8 Å². The first kappa shape index (κ1) is 29.9. The molecule has 0 bridgehead atoms. The quantitative estimate of drug-likeness (QED) is 0.197. The number of hydrogen-bond acceptors (Lipinski definition) is 7. The zero-order valence-electron chi connectivity index (χ0n) is 21.7. The Bertz CT molecular complexity index is 1620. The van der Waals surface area contributed by atoms with E-state index in [-0.39, 0.29) is 36.8 Å². The molecule has 3 aromatic heterocycles. The predicted octanol–water partition coefficient (Wildman–Crippen LogP) is 6.89. The summed E-state index contributed by atoms with van der Waals surface area (Å²) in [5.41, 5.74) is 2.46. The number of aromatic nitrogens is 3. The van der Waals surface area contributed by atoms with Gasteiger partial charge in [-0.1, -0.05) is 11.6 Å². The zero-order valence-corrected chi connectivity index (χ0v) is 24.9. The van der Waals surface area contributed by atoms with E-state index in [1.54, 1.807) is 11.3 Å². The van der Waals surface area contributed by atoms with Gasteiger partial charge in [0.25, 0.3) is 0 Å². The number of thiophene rings is 1. The fourth-order valence-electron chi connectivity index (χ4n) is 4.89. The molecule has 0 unspecified atom stereocenters. The number of halogens is 3. The molecule has 1 aliphatic heterocycles. The molecule has 6 rings (SSSR count). The second-order valence-electron chi connectivity index (χ2n) is 9.39. The molecule has 12 heteroatoms. The number of likely N-dealkylation sites (tertiary alicyclic amines) is 1. The monoisotopic (exact) mass is 618 g/mol. The molecule has 1 saturated heterocycles. The number of nitrogens with zero attached hydrogens (tertiary/aromatic N) is 4. The van der Waals surface area contributed by atoms with Crippen LogP contribution < -0.4 is 15.4 Å². The molecule has 1 fully saturated rings. The average molecular weight is 620 g/mol. The van der Waals surface area contributed by atoms with E-state index in [9.17, 15) is 4.79 Å². The number of hydrogen-bond donors (Lipinski definition) is 2. The maximum atomic E-state index is 12.6. The molecular weight excluding hydrogens is 591 g/mol. The van der Waals surface area contributed by atoms with Crippen LogP contribution in [0.2, 0.25) is 5.02 Å². The highest BCUT2D eigenvalue weighted by Gasteiger charge is 2.27. The Morgan fingerprint density at radius 3 is 2.83 bits per heavy atom. The molecule has 210 valence electrons. The van der Waals surface area contributed by atoms with Crippen LogP contribution in [0.5, 0.6) is 11.5 Å². The molecule has 1 amide bonds. The Morgan fingerprint density at radius 1 is 1.15 bits per heavy atom. The van der Waals surface area contributed by atoms with Gasteiger partial charge in [0.05, 0.1) is 16.6 Å². The summed E-state index contributed by atoms with van der Waals surface area (Å²) in [6.45, 7) is 2.10. The van der Waals surface area contributed by atoms with Crippen molar-refractivity contribution in [3.63, 3.8) is 0 Å². The Hall–Kier alpha value is -3.08. The molecule has 8 nitrogen and oxygen atoms in total. The molecule has 0 spiro atoms. The summed E-state index contributed by atoms with van der Waals surface area (Å²) in [5.74, 6) is 2.07. The largest absolute Gasteiger partial charge is 0.456 e. The third-order valence-corrected chi connectivity index (χ3v) is 8.05. The topological polar surface area (TPSA) is 84.3 Å². The molecule has 2 aromatic carbocycles. The maximum Gasteiger partial charge on any atom is 0.237 e. The van der Waals surface area contributed by atoms with Gasteiger partial charge in [0.1, 0.15) is 23.3 Å². The summed E-state index contributed by atoms with van der Waals surface area (Å²) in [6.07, 6.45) is 5.47. The normalized spacial score (nSPS) is 15.0. The lowest BCUT2D eigenvalue weighted by molar-refractivity contribution is -0.125. The third kappa shape index (κ3) is 6.29. The minimum Gasteiger partial charge on any atom is -0.456 e. The maximum absolute atomic E-state index is 12.6. The average Bonchev–Trinajstić information content (AvgIpc) is 3.66. The van der Waals surface area contributed by atoms with Gasteiger partial charge < -0.3 is 19.9 Å². The van der Waals surface area contributed by atoms with Crippen molar-refractivity contribution in [2.45, 2.75) is 25.4 Å². The molecule has 2 N–H and O–H groups in total. The number of nitrogens with one attached hydrogen (secondary N) is 2. The van der Waals surface area contributed by atoms with Gasteiger partial charge >= 0.3 is 0 Å². The van der Waals surface area contributed by atoms with Gasteiger partial charge in [-0.3, -0.25) is 9.69 Å². The summed E-state index contributed by atoms with van der Waals surface area (Å²) in [4.78, 5) is 23.6. The number of fused-ring (bicyclic) bond motifs is 2. The fraction of sp³-hybridized carbons (Fsp3) is 0.250. The lowest BCUT2D eigenvalue weighted by Gasteiger charge is -2.19. The van der Waals surface area contributed by atoms with Gasteiger partial charge in [-0.25, -0.2) is 9.97 Å². The molecule has 0 aliphatic carbocycles. The van der Waals surface area contributed by atoms with Gasteiger partial charge in [-0.05, 0) is 85.7 Å². The molecular formula is C28H29Cl3N6O2S. The van der Waals surface area contributed by atoms with Crippen LogP contribution in [-0.4, -0.2) is 51.5 Å². The van der Waals surface area contributed by atoms with E-state index in [0.29, 0.717) is 29.7 Å².